The summed E-state index contributed by atoms with van der Waals surface area (Å²) in [6.07, 6.45) is -4.34. The molecule has 5 rings (SSSR count). The molecule has 2 heterocycles. The molecule has 1 saturated heterocycles. The van der Waals surface area contributed by atoms with Gasteiger partial charge in [0.15, 0.2) is 23.4 Å². The van der Waals surface area contributed by atoms with Crippen LogP contribution in [0.1, 0.15) is 42.7 Å². The molecule has 1 saturated carbocycles. The van der Waals surface area contributed by atoms with E-state index in [0.717, 1.165) is 0 Å². The maximum absolute atomic E-state index is 13.2. The summed E-state index contributed by atoms with van der Waals surface area (Å²) in [5.74, 6) is -3.35. The summed E-state index contributed by atoms with van der Waals surface area (Å²) in [4.78, 5) is 14.8. The van der Waals surface area contributed by atoms with Crippen LogP contribution in [0.25, 0.3) is 0 Å². The first-order valence-corrected chi connectivity index (χ1v) is 7.38. The van der Waals surface area contributed by atoms with Gasteiger partial charge in [-0.2, -0.15) is 0 Å². The molecule has 4 nitrogen and oxygen atoms in total. The van der Waals surface area contributed by atoms with Gasteiger partial charge in [0.05, 0.1) is 13.9 Å². The minimum Gasteiger partial charge on any atom is -0.493 e. The van der Waals surface area contributed by atoms with Crippen LogP contribution in [0.5, 0.6) is 11.5 Å². The zero-order valence-corrected chi connectivity index (χ0v) is 12.1. The van der Waals surface area contributed by atoms with Crippen LogP contribution in [0, 0.1) is 5.89 Å². The highest BCUT2D eigenvalue weighted by molar-refractivity contribution is 5.89. The standard InChI is InChI=1S/C18H21NO3/c1-19-8-7-18-11-4-5-13(20)17(18)22-16-14(21-2)6-3-10(15(16)18)9-12(11)19/h3,6,11-12,17H,4-5,7-9H2,1-2H3/t11-,12+,17?,18-/m0/s1/i2D3,3D,5D2,6D,11D,12D. The van der Waals surface area contributed by atoms with Gasteiger partial charge in [0.25, 0.3) is 0 Å². The van der Waals surface area contributed by atoms with Gasteiger partial charge in [-0.15, -0.1) is 0 Å². The number of carbonyl (C=O) groups excluding carboxylic acids is 1. The second-order valence-corrected chi connectivity index (χ2v) is 6.32. The number of methoxy groups -OCH3 is 1. The van der Waals surface area contributed by atoms with Gasteiger partial charge in [0.2, 0.25) is 0 Å². The number of nitrogens with zero attached hydrogens (tertiary/aromatic N) is 1. The molecule has 2 bridgehead atoms. The Morgan fingerprint density at radius 2 is 2.55 bits per heavy atom. The third-order valence-corrected chi connectivity index (χ3v) is 5.50. The summed E-state index contributed by atoms with van der Waals surface area (Å²) >= 11 is 0. The first-order chi connectivity index (χ1) is 14.1. The van der Waals surface area contributed by atoms with Gasteiger partial charge in [-0.3, -0.25) is 4.79 Å². The van der Waals surface area contributed by atoms with E-state index >= 15 is 0 Å². The van der Waals surface area contributed by atoms with Crippen LogP contribution >= 0.6 is 0 Å². The molecule has 0 amide bonds. The van der Waals surface area contributed by atoms with Crippen molar-refractivity contribution >= 4 is 5.78 Å². The third kappa shape index (κ3) is 1.27. The first-order valence-electron chi connectivity index (χ1n) is 11.9. The Bertz CT molecular complexity index is 1040. The van der Waals surface area contributed by atoms with E-state index in [9.17, 15) is 7.54 Å². The molecule has 0 radical (unpaired) electrons. The monoisotopic (exact) mass is 308 g/mol. The van der Waals surface area contributed by atoms with Crippen molar-refractivity contribution in [2.24, 2.45) is 5.89 Å². The molecule has 1 aromatic carbocycles. The molecular weight excluding hydrogens is 278 g/mol. The molecule has 1 aromatic rings. The second kappa shape index (κ2) is 4.05. The molecule has 1 spiro atoms. The number of Topliss-reactive ketones (excluding diaryl/α,β-unsaturated/α-hetero) is 1. The molecule has 2 aliphatic heterocycles. The summed E-state index contributed by atoms with van der Waals surface area (Å²) in [7, 11) is -1.28. The van der Waals surface area contributed by atoms with Gasteiger partial charge in [0, 0.05) is 28.9 Å². The Morgan fingerprint density at radius 1 is 1.64 bits per heavy atom. The average Bonchev–Trinajstić information content (AvgIpc) is 2.98. The molecular formula is C18H21NO3. The summed E-state index contributed by atoms with van der Waals surface area (Å²) in [6.45, 7) is 0.338. The second-order valence-electron chi connectivity index (χ2n) is 6.32. The normalized spacial score (nSPS) is 54.0. The van der Waals surface area contributed by atoms with Crippen molar-refractivity contribution in [3.8, 4) is 11.5 Å². The van der Waals surface area contributed by atoms with Crippen LogP contribution < -0.4 is 9.47 Å². The quantitative estimate of drug-likeness (QED) is 0.795. The summed E-state index contributed by atoms with van der Waals surface area (Å²) in [5.41, 5.74) is -0.893. The topological polar surface area (TPSA) is 38.8 Å². The summed E-state index contributed by atoms with van der Waals surface area (Å²) in [5, 5.41) is 0. The van der Waals surface area contributed by atoms with Crippen LogP contribution in [0.3, 0.4) is 0 Å². The van der Waals surface area contributed by atoms with E-state index < -0.39 is 60.8 Å². The predicted molar refractivity (Wildman–Crippen MR) is 81.6 cm³/mol. The van der Waals surface area contributed by atoms with Crippen LogP contribution in [0.4, 0.5) is 0 Å². The van der Waals surface area contributed by atoms with Gasteiger partial charge < -0.3 is 14.4 Å². The minimum atomic E-state index is -2.95. The SMILES string of the molecule is [2H]c1c([2H])c(OC([2H])([2H])[2H])c2c3c1C[C@@]1([2H])N(C)CC[C@@]34C(O2)C(=O)C([2H])([2H])C[C@]41[2H]. The fourth-order valence-electron chi connectivity index (χ4n) is 4.54. The van der Waals surface area contributed by atoms with E-state index in [4.69, 9.17) is 19.1 Å². The fourth-order valence-corrected chi connectivity index (χ4v) is 4.54. The van der Waals surface area contributed by atoms with Gasteiger partial charge >= 0.3 is 0 Å². The number of piperidine rings is 1. The van der Waals surface area contributed by atoms with E-state index in [0.29, 0.717) is 6.54 Å². The highest BCUT2D eigenvalue weighted by atomic mass is 16.5. The Labute approximate surface area is 143 Å². The molecule has 2 fully saturated rings. The molecule has 0 aromatic heterocycles. The van der Waals surface area contributed by atoms with E-state index in [-0.39, 0.29) is 35.8 Å². The number of rotatable bonds is 1. The van der Waals surface area contributed by atoms with Gasteiger partial charge in [-0.1, -0.05) is 6.04 Å². The Morgan fingerprint density at radius 3 is 3.41 bits per heavy atom. The molecule has 2 aliphatic carbocycles. The smallest absolute Gasteiger partial charge is 0.174 e. The molecule has 4 atom stereocenters. The molecule has 116 valence electrons. The number of likely N-dealkylation sites (tertiary alicyclic amines) is 1. The maximum atomic E-state index is 13.2. The lowest BCUT2D eigenvalue weighted by Crippen LogP contribution is -2.65. The van der Waals surface area contributed by atoms with Crippen molar-refractivity contribution in [3.05, 3.63) is 23.2 Å². The van der Waals surface area contributed by atoms with Crippen LogP contribution in [-0.4, -0.2) is 43.4 Å². The number of benzene rings is 1. The van der Waals surface area contributed by atoms with Crippen molar-refractivity contribution in [1.29, 1.82) is 0 Å². The highest BCUT2D eigenvalue weighted by Gasteiger charge is 2.65. The number of ether oxygens (including phenoxy) is 2. The van der Waals surface area contributed by atoms with Crippen molar-refractivity contribution in [1.82, 2.24) is 4.90 Å². The molecule has 0 N–H and O–H groups in total. The van der Waals surface area contributed by atoms with Crippen molar-refractivity contribution in [2.75, 3.05) is 20.6 Å². The molecule has 1 unspecified atom stereocenters. The lowest BCUT2D eigenvalue weighted by Gasteiger charge is -2.57. The Balaban J connectivity index is 1.90. The zero-order chi connectivity index (χ0) is 22.9. The van der Waals surface area contributed by atoms with E-state index in [2.05, 4.69) is 0 Å². The lowest BCUT2D eigenvalue weighted by atomic mass is 9.52. The summed E-state index contributed by atoms with van der Waals surface area (Å²) < 4.78 is 85.5. The van der Waals surface area contributed by atoms with Crippen LogP contribution in [0.2, 0.25) is 0 Å². The predicted octanol–water partition coefficient (Wildman–Crippen LogP) is 1.93. The average molecular weight is 308 g/mol. The van der Waals surface area contributed by atoms with Crippen LogP contribution in [0.15, 0.2) is 12.1 Å². The maximum Gasteiger partial charge on any atom is 0.174 e. The summed E-state index contributed by atoms with van der Waals surface area (Å²) in [6, 6.07) is -2.52. The number of hydrogen-bond donors (Lipinski definition) is 0. The Hall–Kier alpha value is -1.55. The number of hydrogen-bond acceptors (Lipinski definition) is 4. The van der Waals surface area contributed by atoms with E-state index in [1.807, 2.05) is 0 Å². The van der Waals surface area contributed by atoms with Gasteiger partial charge in [-0.05, 0) is 50.4 Å². The van der Waals surface area contributed by atoms with Gasteiger partial charge in [-0.25, -0.2) is 0 Å². The molecule has 4 aliphatic rings. The number of carbonyl (C=O) groups is 1. The Kier molecular flexibility index (Phi) is 1.27. The molecule has 22 heavy (non-hydrogen) atoms. The molecule has 4 heteroatoms. The van der Waals surface area contributed by atoms with Crippen molar-refractivity contribution < 1.29 is 26.6 Å². The minimum absolute atomic E-state index is 0.143. The number of ketones is 1. The van der Waals surface area contributed by atoms with E-state index in [1.165, 1.54) is 0 Å². The lowest BCUT2D eigenvalue weighted by molar-refractivity contribution is -0.138. The largest absolute Gasteiger partial charge is 0.493 e. The van der Waals surface area contributed by atoms with Gasteiger partial charge in [0.1, 0.15) is 0 Å². The zero-order valence-electron chi connectivity index (χ0n) is 21.1. The third-order valence-electron chi connectivity index (χ3n) is 5.50. The fraction of sp³-hybridized carbons (Fsp3) is 0.611. The van der Waals surface area contributed by atoms with Crippen molar-refractivity contribution in [2.45, 2.75) is 43.2 Å². The number of likely N-dealkylation sites (N-methyl/N-ethyl adjacent to an activating group) is 1. The van der Waals surface area contributed by atoms with E-state index in [1.54, 1.807) is 11.9 Å². The van der Waals surface area contributed by atoms with Crippen molar-refractivity contribution in [3.63, 3.8) is 0 Å². The van der Waals surface area contributed by atoms with Crippen LogP contribution in [-0.2, 0) is 16.6 Å². The first kappa shape index (κ1) is 6.91. The highest BCUT2D eigenvalue weighted by Crippen LogP contribution is 2.62.